The predicted octanol–water partition coefficient (Wildman–Crippen LogP) is 4.01. The average molecular weight is 506 g/mol. The van der Waals surface area contributed by atoms with Crippen LogP contribution in [0.5, 0.6) is 0 Å². The van der Waals surface area contributed by atoms with Crippen molar-refractivity contribution >= 4 is 27.5 Å². The summed E-state index contributed by atoms with van der Waals surface area (Å²) in [6.45, 7) is 7.73. The van der Waals surface area contributed by atoms with Gasteiger partial charge in [-0.05, 0) is 63.4 Å². The molecule has 0 fully saturated rings. The Bertz CT molecular complexity index is 1090. The zero-order chi connectivity index (χ0) is 26.2. The van der Waals surface area contributed by atoms with Gasteiger partial charge in [0.2, 0.25) is 21.8 Å². The Morgan fingerprint density at radius 2 is 1.63 bits per heavy atom. The number of amides is 2. The van der Waals surface area contributed by atoms with E-state index in [-0.39, 0.29) is 49.6 Å². The molecule has 0 radical (unpaired) electrons. The Morgan fingerprint density at radius 1 is 1.03 bits per heavy atom. The lowest BCUT2D eigenvalue weighted by molar-refractivity contribution is -0.141. The van der Waals surface area contributed by atoms with E-state index in [9.17, 15) is 22.4 Å². The van der Waals surface area contributed by atoms with Gasteiger partial charge < -0.3 is 10.2 Å². The van der Waals surface area contributed by atoms with Gasteiger partial charge in [-0.15, -0.1) is 0 Å². The molecule has 35 heavy (non-hydrogen) atoms. The topological polar surface area (TPSA) is 86.8 Å². The maximum absolute atomic E-state index is 13.4. The highest BCUT2D eigenvalue weighted by atomic mass is 32.2. The van der Waals surface area contributed by atoms with Crippen molar-refractivity contribution in [1.82, 2.24) is 10.2 Å². The van der Waals surface area contributed by atoms with Crippen molar-refractivity contribution in [3.8, 4) is 0 Å². The molecule has 2 amide bonds. The van der Waals surface area contributed by atoms with E-state index in [1.165, 1.54) is 21.3 Å². The molecule has 0 spiro atoms. The molecule has 0 aliphatic carbocycles. The van der Waals surface area contributed by atoms with E-state index in [0.29, 0.717) is 17.7 Å². The van der Waals surface area contributed by atoms with E-state index in [4.69, 9.17) is 0 Å². The van der Waals surface area contributed by atoms with Crippen LogP contribution in [-0.2, 0) is 26.2 Å². The highest BCUT2D eigenvalue weighted by Crippen LogP contribution is 2.20. The molecule has 1 atom stereocenters. The third kappa shape index (κ3) is 8.65. The van der Waals surface area contributed by atoms with Crippen LogP contribution in [0.2, 0.25) is 0 Å². The number of benzene rings is 2. The van der Waals surface area contributed by atoms with Gasteiger partial charge in [-0.2, -0.15) is 0 Å². The standard InChI is InChI=1S/C26H36FN3O4S/c1-6-24(26(32)28-19(2)3)29(18-21-11-13-22(27)14-12-21)25(31)8-7-17-30(35(5,33)34)23-15-9-20(4)10-16-23/h9-16,19,24H,6-8,17-18H2,1-5H3,(H,28,32). The van der Waals surface area contributed by atoms with E-state index in [1.54, 1.807) is 24.3 Å². The number of nitrogens with one attached hydrogen (secondary N) is 1. The quantitative estimate of drug-likeness (QED) is 0.472. The molecule has 2 aromatic rings. The third-order valence-corrected chi connectivity index (χ3v) is 6.75. The van der Waals surface area contributed by atoms with Gasteiger partial charge in [0.1, 0.15) is 11.9 Å². The van der Waals surface area contributed by atoms with Crippen LogP contribution in [0.3, 0.4) is 0 Å². The fourth-order valence-electron chi connectivity index (χ4n) is 3.80. The number of aryl methyl sites for hydroxylation is 1. The predicted molar refractivity (Wildman–Crippen MR) is 137 cm³/mol. The molecular formula is C26H36FN3O4S. The minimum absolute atomic E-state index is 0.0601. The molecule has 1 unspecified atom stereocenters. The molecule has 0 bridgehead atoms. The second-order valence-corrected chi connectivity index (χ2v) is 10.9. The summed E-state index contributed by atoms with van der Waals surface area (Å²) >= 11 is 0. The summed E-state index contributed by atoms with van der Waals surface area (Å²) in [5, 5.41) is 2.86. The zero-order valence-electron chi connectivity index (χ0n) is 21.1. The number of rotatable bonds is 12. The second-order valence-electron chi connectivity index (χ2n) is 9.01. The molecule has 9 heteroatoms. The van der Waals surface area contributed by atoms with Gasteiger partial charge in [-0.25, -0.2) is 12.8 Å². The average Bonchev–Trinajstić information content (AvgIpc) is 2.77. The molecule has 0 aromatic heterocycles. The number of hydrogen-bond acceptors (Lipinski definition) is 4. The summed E-state index contributed by atoms with van der Waals surface area (Å²) in [7, 11) is -3.54. The van der Waals surface area contributed by atoms with Crippen LogP contribution >= 0.6 is 0 Å². The normalized spacial score (nSPS) is 12.3. The molecule has 0 saturated heterocycles. The summed E-state index contributed by atoms with van der Waals surface area (Å²) in [5.74, 6) is -0.902. The lowest BCUT2D eigenvalue weighted by Gasteiger charge is -2.31. The first-order valence-electron chi connectivity index (χ1n) is 11.8. The van der Waals surface area contributed by atoms with Crippen LogP contribution in [0.25, 0.3) is 0 Å². The van der Waals surface area contributed by atoms with Gasteiger partial charge in [0.15, 0.2) is 0 Å². The molecule has 2 aromatic carbocycles. The molecule has 1 N–H and O–H groups in total. The van der Waals surface area contributed by atoms with Crippen LogP contribution in [0.1, 0.15) is 51.2 Å². The van der Waals surface area contributed by atoms with Crippen molar-refractivity contribution in [2.24, 2.45) is 0 Å². The van der Waals surface area contributed by atoms with E-state index in [1.807, 2.05) is 39.8 Å². The molecule has 0 aliphatic heterocycles. The summed E-state index contributed by atoms with van der Waals surface area (Å²) in [4.78, 5) is 27.7. The molecule has 0 saturated carbocycles. The van der Waals surface area contributed by atoms with E-state index < -0.39 is 16.1 Å². The first-order chi connectivity index (χ1) is 16.4. The van der Waals surface area contributed by atoms with Gasteiger partial charge >= 0.3 is 0 Å². The maximum atomic E-state index is 13.4. The zero-order valence-corrected chi connectivity index (χ0v) is 21.9. The van der Waals surface area contributed by atoms with Crippen molar-refractivity contribution in [3.05, 3.63) is 65.5 Å². The van der Waals surface area contributed by atoms with Crippen molar-refractivity contribution in [2.75, 3.05) is 17.1 Å². The Morgan fingerprint density at radius 3 is 2.14 bits per heavy atom. The lowest BCUT2D eigenvalue weighted by Crippen LogP contribution is -2.50. The SMILES string of the molecule is CCC(C(=O)NC(C)C)N(Cc1ccc(F)cc1)C(=O)CCCN(c1ccc(C)cc1)S(C)(=O)=O. The first kappa shape index (κ1) is 28.3. The number of halogens is 1. The monoisotopic (exact) mass is 505 g/mol. The smallest absolute Gasteiger partial charge is 0.243 e. The number of anilines is 1. The minimum atomic E-state index is -3.54. The minimum Gasteiger partial charge on any atom is -0.352 e. The number of carbonyl (C=O) groups excluding carboxylic acids is 2. The van der Waals surface area contributed by atoms with Crippen molar-refractivity contribution in [1.29, 1.82) is 0 Å². The van der Waals surface area contributed by atoms with Crippen LogP contribution in [0.15, 0.2) is 48.5 Å². The van der Waals surface area contributed by atoms with Crippen molar-refractivity contribution in [3.63, 3.8) is 0 Å². The fraction of sp³-hybridized carbons (Fsp3) is 0.462. The Labute approximate surface area is 208 Å². The summed E-state index contributed by atoms with van der Waals surface area (Å²) < 4.78 is 39.4. The van der Waals surface area contributed by atoms with Crippen molar-refractivity contribution < 1.29 is 22.4 Å². The van der Waals surface area contributed by atoms with Crippen LogP contribution in [0, 0.1) is 12.7 Å². The number of hydrogen-bond donors (Lipinski definition) is 1. The molecule has 0 aliphatic rings. The molecule has 2 rings (SSSR count). The van der Waals surface area contributed by atoms with Gasteiger partial charge in [-0.3, -0.25) is 13.9 Å². The molecular weight excluding hydrogens is 469 g/mol. The largest absolute Gasteiger partial charge is 0.352 e. The summed E-state index contributed by atoms with van der Waals surface area (Å²) in [6.07, 6.45) is 1.88. The highest BCUT2D eigenvalue weighted by Gasteiger charge is 2.29. The van der Waals surface area contributed by atoms with Crippen LogP contribution in [0.4, 0.5) is 10.1 Å². The highest BCUT2D eigenvalue weighted by molar-refractivity contribution is 7.92. The molecule has 192 valence electrons. The van der Waals surface area contributed by atoms with Gasteiger partial charge in [0, 0.05) is 25.6 Å². The van der Waals surface area contributed by atoms with E-state index in [2.05, 4.69) is 5.32 Å². The van der Waals surface area contributed by atoms with Crippen molar-refractivity contribution in [2.45, 2.75) is 65.6 Å². The van der Waals surface area contributed by atoms with E-state index in [0.717, 1.165) is 11.8 Å². The van der Waals surface area contributed by atoms with Crippen LogP contribution < -0.4 is 9.62 Å². The second kappa shape index (κ2) is 12.7. The molecule has 0 heterocycles. The van der Waals surface area contributed by atoms with Gasteiger partial charge in [0.25, 0.3) is 0 Å². The summed E-state index contributed by atoms with van der Waals surface area (Å²) in [6, 6.07) is 12.2. The molecule has 7 nitrogen and oxygen atoms in total. The maximum Gasteiger partial charge on any atom is 0.243 e. The fourth-order valence-corrected chi connectivity index (χ4v) is 4.77. The van der Waals surface area contributed by atoms with E-state index >= 15 is 0 Å². The Hall–Kier alpha value is -2.94. The number of sulfonamides is 1. The van der Waals surface area contributed by atoms with Gasteiger partial charge in [-0.1, -0.05) is 36.8 Å². The number of nitrogens with zero attached hydrogens (tertiary/aromatic N) is 2. The Kier molecular flexibility index (Phi) is 10.2. The van der Waals surface area contributed by atoms with Crippen LogP contribution in [-0.4, -0.2) is 50.0 Å². The van der Waals surface area contributed by atoms with Gasteiger partial charge in [0.05, 0.1) is 11.9 Å². The Balaban J connectivity index is 2.20. The number of carbonyl (C=O) groups is 2. The summed E-state index contributed by atoms with van der Waals surface area (Å²) in [5.41, 5.74) is 2.25. The lowest BCUT2D eigenvalue weighted by atomic mass is 10.1. The third-order valence-electron chi connectivity index (χ3n) is 5.56. The first-order valence-corrected chi connectivity index (χ1v) is 13.7.